The van der Waals surface area contributed by atoms with Crippen molar-refractivity contribution < 1.29 is 9.47 Å². The Morgan fingerprint density at radius 1 is 1.08 bits per heavy atom. The average molecular weight is 428 g/mol. The van der Waals surface area contributed by atoms with Gasteiger partial charge in [-0.15, -0.1) is 0 Å². The van der Waals surface area contributed by atoms with E-state index in [2.05, 4.69) is 32.6 Å². The van der Waals surface area contributed by atoms with E-state index < -0.39 is 0 Å². The molecule has 0 saturated carbocycles. The number of benzene rings is 2. The van der Waals surface area contributed by atoms with Gasteiger partial charge in [-0.1, -0.05) is 23.7 Å². The van der Waals surface area contributed by atoms with Gasteiger partial charge in [0, 0.05) is 11.6 Å². The minimum absolute atomic E-state index is 0.452. The van der Waals surface area contributed by atoms with Gasteiger partial charge in [0.05, 0.1) is 11.6 Å². The van der Waals surface area contributed by atoms with E-state index in [-0.39, 0.29) is 0 Å². The summed E-state index contributed by atoms with van der Waals surface area (Å²) >= 11 is 9.50. The Bertz CT molecular complexity index is 665. The lowest BCUT2D eigenvalue weighted by Gasteiger charge is -2.15. The van der Waals surface area contributed by atoms with Crippen LogP contribution in [0.1, 0.15) is 17.5 Å². The molecule has 4 nitrogen and oxygen atoms in total. The molecule has 2 aromatic rings. The highest BCUT2D eigenvalue weighted by molar-refractivity contribution is 9.10. The zero-order valence-electron chi connectivity index (χ0n) is 14.6. The molecule has 0 unspecified atom stereocenters. The maximum atomic E-state index is 5.95. The molecular formula is C19H24BrClN2O2. The molecular weight excluding hydrogens is 404 g/mol. The van der Waals surface area contributed by atoms with E-state index in [9.17, 15) is 0 Å². The van der Waals surface area contributed by atoms with Crippen molar-refractivity contribution in [2.75, 3.05) is 27.2 Å². The highest BCUT2D eigenvalue weighted by atomic mass is 79.9. The standard InChI is InChI=1S/C19H24BrClN2O2/c1-22-8-3-9-23-12-15-10-17(20)19(18(11-15)24-2)25-13-14-4-6-16(21)7-5-14/h4-7,10-11,22-23H,3,8-9,12-13H2,1-2H3. The van der Waals surface area contributed by atoms with Crippen LogP contribution < -0.4 is 20.1 Å². The first-order valence-corrected chi connectivity index (χ1v) is 9.40. The zero-order valence-corrected chi connectivity index (χ0v) is 16.9. The number of halogens is 2. The Kier molecular flexibility index (Phi) is 8.55. The second-order valence-corrected chi connectivity index (χ2v) is 6.95. The van der Waals surface area contributed by atoms with Crippen molar-refractivity contribution >= 4 is 27.5 Å². The van der Waals surface area contributed by atoms with E-state index in [1.165, 1.54) is 0 Å². The highest BCUT2D eigenvalue weighted by Gasteiger charge is 2.12. The van der Waals surface area contributed by atoms with Crippen molar-refractivity contribution in [2.45, 2.75) is 19.6 Å². The van der Waals surface area contributed by atoms with Gasteiger partial charge >= 0.3 is 0 Å². The fraction of sp³-hybridized carbons (Fsp3) is 0.368. The number of rotatable bonds is 10. The van der Waals surface area contributed by atoms with Crippen LogP contribution >= 0.6 is 27.5 Å². The third-order valence-electron chi connectivity index (χ3n) is 3.70. The molecule has 136 valence electrons. The van der Waals surface area contributed by atoms with Gasteiger partial charge in [-0.2, -0.15) is 0 Å². The molecule has 0 aromatic heterocycles. The van der Waals surface area contributed by atoms with Gasteiger partial charge in [0.25, 0.3) is 0 Å². The Morgan fingerprint density at radius 3 is 2.52 bits per heavy atom. The van der Waals surface area contributed by atoms with E-state index in [1.54, 1.807) is 7.11 Å². The summed E-state index contributed by atoms with van der Waals surface area (Å²) in [6.07, 6.45) is 1.09. The zero-order chi connectivity index (χ0) is 18.1. The quantitative estimate of drug-likeness (QED) is 0.552. The van der Waals surface area contributed by atoms with Gasteiger partial charge < -0.3 is 20.1 Å². The molecule has 0 radical (unpaired) electrons. The molecule has 2 N–H and O–H groups in total. The number of hydrogen-bond donors (Lipinski definition) is 2. The van der Waals surface area contributed by atoms with Crippen molar-refractivity contribution in [1.29, 1.82) is 0 Å². The van der Waals surface area contributed by atoms with Gasteiger partial charge in [0.15, 0.2) is 11.5 Å². The Labute approximate surface area is 163 Å². The van der Waals surface area contributed by atoms with Crippen LogP contribution in [-0.2, 0) is 13.2 Å². The van der Waals surface area contributed by atoms with E-state index in [1.807, 2.05) is 37.4 Å². The van der Waals surface area contributed by atoms with Crippen molar-refractivity contribution in [2.24, 2.45) is 0 Å². The number of methoxy groups -OCH3 is 1. The molecule has 0 atom stereocenters. The average Bonchev–Trinajstić information content (AvgIpc) is 2.61. The molecule has 0 amide bonds. The smallest absolute Gasteiger partial charge is 0.175 e. The van der Waals surface area contributed by atoms with Gasteiger partial charge in [-0.25, -0.2) is 0 Å². The number of hydrogen-bond acceptors (Lipinski definition) is 4. The normalized spacial score (nSPS) is 10.7. The van der Waals surface area contributed by atoms with E-state index >= 15 is 0 Å². The fourth-order valence-corrected chi connectivity index (χ4v) is 3.10. The molecule has 0 aliphatic carbocycles. The molecule has 0 aliphatic heterocycles. The minimum Gasteiger partial charge on any atom is -0.493 e. The van der Waals surface area contributed by atoms with E-state index in [0.717, 1.165) is 47.4 Å². The molecule has 0 bridgehead atoms. The summed E-state index contributed by atoms with van der Waals surface area (Å²) < 4.78 is 12.3. The van der Waals surface area contributed by atoms with Crippen LogP contribution in [0.15, 0.2) is 40.9 Å². The van der Waals surface area contributed by atoms with Gasteiger partial charge in [-0.3, -0.25) is 0 Å². The Hall–Kier alpha value is -1.27. The molecule has 0 aliphatic rings. The van der Waals surface area contributed by atoms with Crippen LogP contribution in [0.4, 0.5) is 0 Å². The predicted octanol–water partition coefficient (Wildman–Crippen LogP) is 4.39. The first-order chi connectivity index (χ1) is 12.1. The first-order valence-electron chi connectivity index (χ1n) is 8.23. The van der Waals surface area contributed by atoms with Crippen LogP contribution in [0.5, 0.6) is 11.5 Å². The van der Waals surface area contributed by atoms with Gasteiger partial charge in [0.1, 0.15) is 6.61 Å². The summed E-state index contributed by atoms with van der Waals surface area (Å²) in [7, 11) is 3.62. The van der Waals surface area contributed by atoms with E-state index in [0.29, 0.717) is 17.4 Å². The molecule has 25 heavy (non-hydrogen) atoms. The fourth-order valence-electron chi connectivity index (χ4n) is 2.37. The molecule has 0 fully saturated rings. The third kappa shape index (κ3) is 6.51. The second kappa shape index (κ2) is 10.7. The monoisotopic (exact) mass is 426 g/mol. The van der Waals surface area contributed by atoms with Gasteiger partial charge in [0.2, 0.25) is 0 Å². The van der Waals surface area contributed by atoms with Crippen LogP contribution in [-0.4, -0.2) is 27.2 Å². The predicted molar refractivity (Wildman–Crippen MR) is 107 cm³/mol. The molecule has 6 heteroatoms. The van der Waals surface area contributed by atoms with Crippen molar-refractivity contribution in [3.05, 3.63) is 57.0 Å². The van der Waals surface area contributed by atoms with Crippen LogP contribution in [0.3, 0.4) is 0 Å². The second-order valence-electron chi connectivity index (χ2n) is 5.66. The maximum absolute atomic E-state index is 5.95. The summed E-state index contributed by atoms with van der Waals surface area (Å²) in [6, 6.07) is 11.7. The summed E-state index contributed by atoms with van der Waals surface area (Å²) in [5, 5.41) is 7.29. The maximum Gasteiger partial charge on any atom is 0.175 e. The number of nitrogens with one attached hydrogen (secondary N) is 2. The first kappa shape index (κ1) is 20.0. The SMILES string of the molecule is CNCCCNCc1cc(Br)c(OCc2ccc(Cl)cc2)c(OC)c1. The molecule has 0 heterocycles. The number of ether oxygens (including phenoxy) is 2. The van der Waals surface area contributed by atoms with Crippen LogP contribution in [0.2, 0.25) is 5.02 Å². The minimum atomic E-state index is 0.452. The Balaban J connectivity index is 1.99. The van der Waals surface area contributed by atoms with Gasteiger partial charge in [-0.05, 0) is 77.9 Å². The van der Waals surface area contributed by atoms with Crippen molar-refractivity contribution in [1.82, 2.24) is 10.6 Å². The lowest BCUT2D eigenvalue weighted by Crippen LogP contribution is -2.19. The molecule has 0 saturated heterocycles. The largest absolute Gasteiger partial charge is 0.493 e. The lowest BCUT2D eigenvalue weighted by atomic mass is 10.2. The summed E-state index contributed by atoms with van der Waals surface area (Å²) in [6.45, 7) is 3.22. The summed E-state index contributed by atoms with van der Waals surface area (Å²) in [4.78, 5) is 0. The third-order valence-corrected chi connectivity index (χ3v) is 4.54. The van der Waals surface area contributed by atoms with E-state index in [4.69, 9.17) is 21.1 Å². The van der Waals surface area contributed by atoms with Crippen molar-refractivity contribution in [3.8, 4) is 11.5 Å². The van der Waals surface area contributed by atoms with Crippen LogP contribution in [0, 0.1) is 0 Å². The van der Waals surface area contributed by atoms with Crippen LogP contribution in [0.25, 0.3) is 0 Å². The molecule has 2 aromatic carbocycles. The summed E-state index contributed by atoms with van der Waals surface area (Å²) in [5.41, 5.74) is 2.20. The summed E-state index contributed by atoms with van der Waals surface area (Å²) in [5.74, 6) is 1.42. The highest BCUT2D eigenvalue weighted by Crippen LogP contribution is 2.37. The van der Waals surface area contributed by atoms with Crippen molar-refractivity contribution in [3.63, 3.8) is 0 Å². The Morgan fingerprint density at radius 2 is 1.84 bits per heavy atom. The molecule has 0 spiro atoms. The lowest BCUT2D eigenvalue weighted by molar-refractivity contribution is 0.282. The molecule has 2 rings (SSSR count). The topological polar surface area (TPSA) is 42.5 Å².